The van der Waals surface area contributed by atoms with Crippen molar-refractivity contribution >= 4 is 0 Å². The van der Waals surface area contributed by atoms with E-state index in [9.17, 15) is 0 Å². The van der Waals surface area contributed by atoms with Crippen LogP contribution in [0, 0.1) is 11.8 Å². The van der Waals surface area contributed by atoms with E-state index in [1.807, 2.05) is 0 Å². The monoisotopic (exact) mass is 234 g/mol. The second-order valence-corrected chi connectivity index (χ2v) is 5.73. The molecular formula is C16H26O. The second-order valence-electron chi connectivity index (χ2n) is 5.73. The minimum atomic E-state index is 0.302. The lowest BCUT2D eigenvalue weighted by Crippen LogP contribution is -2.09. The van der Waals surface area contributed by atoms with Crippen molar-refractivity contribution in [2.75, 3.05) is 6.61 Å². The van der Waals surface area contributed by atoms with E-state index in [4.69, 9.17) is 5.11 Å². The molecule has 0 saturated heterocycles. The number of hydrogen-bond acceptors (Lipinski definition) is 1. The van der Waals surface area contributed by atoms with Gasteiger partial charge in [-0.15, -0.1) is 0 Å². The van der Waals surface area contributed by atoms with Gasteiger partial charge in [-0.3, -0.25) is 0 Å². The summed E-state index contributed by atoms with van der Waals surface area (Å²) in [5, 5.41) is 9.05. The van der Waals surface area contributed by atoms with Crippen molar-refractivity contribution in [3.8, 4) is 0 Å². The van der Waals surface area contributed by atoms with Crippen molar-refractivity contribution in [3.05, 3.63) is 35.4 Å². The van der Waals surface area contributed by atoms with Gasteiger partial charge in [0.2, 0.25) is 0 Å². The predicted molar refractivity (Wildman–Crippen MR) is 74.3 cm³/mol. The van der Waals surface area contributed by atoms with Gasteiger partial charge in [0.25, 0.3) is 0 Å². The zero-order valence-corrected chi connectivity index (χ0v) is 11.6. The maximum Gasteiger partial charge on any atom is 0.0456 e. The van der Waals surface area contributed by atoms with Crippen LogP contribution in [0.4, 0.5) is 0 Å². The van der Waals surface area contributed by atoms with E-state index < -0.39 is 0 Å². The van der Waals surface area contributed by atoms with E-state index in [-0.39, 0.29) is 0 Å². The summed E-state index contributed by atoms with van der Waals surface area (Å²) in [4.78, 5) is 0. The predicted octanol–water partition coefficient (Wildman–Crippen LogP) is 4.01. The molecule has 0 aliphatic rings. The van der Waals surface area contributed by atoms with E-state index in [2.05, 4.69) is 52.0 Å². The highest BCUT2D eigenvalue weighted by Gasteiger charge is 2.09. The number of rotatable bonds is 6. The van der Waals surface area contributed by atoms with E-state index >= 15 is 0 Å². The van der Waals surface area contributed by atoms with Gasteiger partial charge in [-0.1, -0.05) is 52.0 Å². The minimum absolute atomic E-state index is 0.302. The Labute approximate surface area is 106 Å². The summed E-state index contributed by atoms with van der Waals surface area (Å²) in [6.07, 6.45) is 2.21. The van der Waals surface area contributed by atoms with Crippen LogP contribution in [0.1, 0.15) is 51.2 Å². The van der Waals surface area contributed by atoms with Gasteiger partial charge >= 0.3 is 0 Å². The summed E-state index contributed by atoms with van der Waals surface area (Å²) in [6.45, 7) is 9.12. The minimum Gasteiger partial charge on any atom is -0.396 e. The molecule has 0 aliphatic carbocycles. The Balaban J connectivity index is 2.51. The van der Waals surface area contributed by atoms with Crippen LogP contribution in [-0.2, 0) is 6.42 Å². The van der Waals surface area contributed by atoms with Crippen LogP contribution in [-0.4, -0.2) is 11.7 Å². The molecule has 17 heavy (non-hydrogen) atoms. The van der Waals surface area contributed by atoms with Crippen LogP contribution in [0.3, 0.4) is 0 Å². The second kappa shape index (κ2) is 6.80. The van der Waals surface area contributed by atoms with E-state index in [1.165, 1.54) is 11.1 Å². The standard InChI is InChI=1S/C16H26O/c1-12(2)16-7-5-15(6-8-16)10-13(3)9-14(4)11-17/h5-8,12-14,17H,9-11H2,1-4H3. The van der Waals surface area contributed by atoms with Crippen molar-refractivity contribution in [3.63, 3.8) is 0 Å². The molecule has 0 spiro atoms. The fourth-order valence-electron chi connectivity index (χ4n) is 2.29. The van der Waals surface area contributed by atoms with Crippen molar-refractivity contribution in [2.24, 2.45) is 11.8 Å². The van der Waals surface area contributed by atoms with Crippen LogP contribution >= 0.6 is 0 Å². The quantitative estimate of drug-likeness (QED) is 0.788. The first-order valence-corrected chi connectivity index (χ1v) is 6.72. The van der Waals surface area contributed by atoms with Crippen molar-refractivity contribution in [1.29, 1.82) is 0 Å². The van der Waals surface area contributed by atoms with Gasteiger partial charge in [0.1, 0.15) is 0 Å². The third-order valence-electron chi connectivity index (χ3n) is 3.35. The summed E-state index contributed by atoms with van der Waals surface area (Å²) < 4.78 is 0. The third-order valence-corrected chi connectivity index (χ3v) is 3.35. The normalized spacial score (nSPS) is 14.9. The molecule has 2 atom stereocenters. The van der Waals surface area contributed by atoms with Gasteiger partial charge in [0, 0.05) is 6.61 Å². The molecule has 0 aromatic heterocycles. The fraction of sp³-hybridized carbons (Fsp3) is 0.625. The smallest absolute Gasteiger partial charge is 0.0456 e. The zero-order valence-electron chi connectivity index (χ0n) is 11.6. The molecule has 96 valence electrons. The molecule has 0 fully saturated rings. The van der Waals surface area contributed by atoms with Gasteiger partial charge in [0.15, 0.2) is 0 Å². The van der Waals surface area contributed by atoms with E-state index in [0.717, 1.165) is 12.8 Å². The Hall–Kier alpha value is -0.820. The molecule has 1 rings (SSSR count). The Morgan fingerprint density at radius 3 is 2.00 bits per heavy atom. The highest BCUT2D eigenvalue weighted by Crippen LogP contribution is 2.19. The lowest BCUT2D eigenvalue weighted by Gasteiger charge is -2.15. The Kier molecular flexibility index (Phi) is 5.70. The Morgan fingerprint density at radius 2 is 1.53 bits per heavy atom. The van der Waals surface area contributed by atoms with Gasteiger partial charge in [-0.05, 0) is 41.7 Å². The molecule has 0 radical (unpaired) electrons. The van der Waals surface area contributed by atoms with Gasteiger partial charge < -0.3 is 5.11 Å². The molecule has 1 aromatic rings. The first kappa shape index (κ1) is 14.2. The van der Waals surface area contributed by atoms with Gasteiger partial charge in [-0.25, -0.2) is 0 Å². The van der Waals surface area contributed by atoms with Crippen LogP contribution in [0.5, 0.6) is 0 Å². The molecule has 0 amide bonds. The SMILES string of the molecule is CC(CO)CC(C)Cc1ccc(C(C)C)cc1. The van der Waals surface area contributed by atoms with E-state index in [1.54, 1.807) is 0 Å². The van der Waals surface area contributed by atoms with Crippen LogP contribution < -0.4 is 0 Å². The summed E-state index contributed by atoms with van der Waals surface area (Å²) in [6, 6.07) is 8.97. The molecule has 1 heteroatoms. The number of hydrogen-bond donors (Lipinski definition) is 1. The molecule has 1 N–H and O–H groups in total. The van der Waals surface area contributed by atoms with E-state index in [0.29, 0.717) is 24.4 Å². The first-order chi connectivity index (χ1) is 8.02. The summed E-state index contributed by atoms with van der Waals surface area (Å²) in [5.74, 6) is 1.66. The molecule has 1 aromatic carbocycles. The molecular weight excluding hydrogens is 208 g/mol. The Bertz CT molecular complexity index is 313. The Morgan fingerprint density at radius 1 is 0.941 bits per heavy atom. The average Bonchev–Trinajstić information content (AvgIpc) is 2.29. The average molecular weight is 234 g/mol. The summed E-state index contributed by atoms with van der Waals surface area (Å²) in [5.41, 5.74) is 2.82. The largest absolute Gasteiger partial charge is 0.396 e. The zero-order chi connectivity index (χ0) is 12.8. The molecule has 0 bridgehead atoms. The number of aliphatic hydroxyl groups is 1. The number of aliphatic hydroxyl groups excluding tert-OH is 1. The lowest BCUT2D eigenvalue weighted by atomic mass is 9.91. The first-order valence-electron chi connectivity index (χ1n) is 6.72. The topological polar surface area (TPSA) is 20.2 Å². The van der Waals surface area contributed by atoms with Crippen LogP contribution in [0.15, 0.2) is 24.3 Å². The van der Waals surface area contributed by atoms with Crippen LogP contribution in [0.2, 0.25) is 0 Å². The van der Waals surface area contributed by atoms with Gasteiger partial charge in [-0.2, -0.15) is 0 Å². The fourth-order valence-corrected chi connectivity index (χ4v) is 2.29. The number of benzene rings is 1. The van der Waals surface area contributed by atoms with Crippen LogP contribution in [0.25, 0.3) is 0 Å². The third kappa shape index (κ3) is 4.91. The maximum atomic E-state index is 9.05. The molecule has 0 aliphatic heterocycles. The van der Waals surface area contributed by atoms with Crippen molar-refractivity contribution in [1.82, 2.24) is 0 Å². The highest BCUT2D eigenvalue weighted by molar-refractivity contribution is 5.24. The summed E-state index contributed by atoms with van der Waals surface area (Å²) in [7, 11) is 0. The molecule has 2 unspecified atom stereocenters. The van der Waals surface area contributed by atoms with Crippen molar-refractivity contribution in [2.45, 2.75) is 46.5 Å². The maximum absolute atomic E-state index is 9.05. The summed E-state index contributed by atoms with van der Waals surface area (Å²) >= 11 is 0. The van der Waals surface area contributed by atoms with Crippen molar-refractivity contribution < 1.29 is 5.11 Å². The van der Waals surface area contributed by atoms with Gasteiger partial charge in [0.05, 0.1) is 0 Å². The molecule has 1 nitrogen and oxygen atoms in total. The highest BCUT2D eigenvalue weighted by atomic mass is 16.3. The molecule has 0 saturated carbocycles. The lowest BCUT2D eigenvalue weighted by molar-refractivity contribution is 0.215. The molecule has 0 heterocycles.